The minimum Gasteiger partial charge on any atom is -0.497 e. The van der Waals surface area contributed by atoms with Crippen LogP contribution in [0.15, 0.2) is 48.7 Å². The van der Waals surface area contributed by atoms with Crippen LogP contribution in [0, 0.1) is 5.92 Å². The Morgan fingerprint density at radius 2 is 1.93 bits per heavy atom. The summed E-state index contributed by atoms with van der Waals surface area (Å²) in [6.45, 7) is 1.22. The first kappa shape index (κ1) is 17.7. The van der Waals surface area contributed by atoms with Gasteiger partial charge in [0.05, 0.1) is 12.5 Å². The summed E-state index contributed by atoms with van der Waals surface area (Å²) in [5, 5.41) is 0. The fourth-order valence-electron chi connectivity index (χ4n) is 4.06. The lowest BCUT2D eigenvalue weighted by atomic mass is 9.89. The number of ether oxygens (including phenoxy) is 1. The molecule has 140 valence electrons. The van der Waals surface area contributed by atoms with Gasteiger partial charge in [0, 0.05) is 25.2 Å². The molecule has 1 aromatic carbocycles. The monoisotopic (exact) mass is 364 g/mol. The van der Waals surface area contributed by atoms with Crippen molar-refractivity contribution < 1.29 is 14.3 Å². The number of amides is 1. The lowest BCUT2D eigenvalue weighted by molar-refractivity contribution is -0.135. The third kappa shape index (κ3) is 3.34. The van der Waals surface area contributed by atoms with Crippen molar-refractivity contribution in [2.24, 2.45) is 5.92 Å². The molecule has 0 spiro atoms. The predicted octanol–water partition coefficient (Wildman–Crippen LogP) is 3.24. The summed E-state index contributed by atoms with van der Waals surface area (Å²) in [7, 11) is 1.64. The largest absolute Gasteiger partial charge is 0.497 e. The summed E-state index contributed by atoms with van der Waals surface area (Å²) in [6, 6.07) is 13.2. The summed E-state index contributed by atoms with van der Waals surface area (Å²) < 4.78 is 5.22. The van der Waals surface area contributed by atoms with Crippen LogP contribution in [0.1, 0.15) is 41.7 Å². The Morgan fingerprint density at radius 1 is 1.15 bits per heavy atom. The number of ketones is 1. The van der Waals surface area contributed by atoms with Crippen LogP contribution in [0.5, 0.6) is 5.75 Å². The Hall–Kier alpha value is -2.69. The third-order valence-electron chi connectivity index (χ3n) is 5.80. The molecule has 0 radical (unpaired) electrons. The van der Waals surface area contributed by atoms with Crippen molar-refractivity contribution >= 4 is 11.7 Å². The van der Waals surface area contributed by atoms with Crippen LogP contribution in [0.25, 0.3) is 0 Å². The van der Waals surface area contributed by atoms with E-state index in [0.29, 0.717) is 12.2 Å². The molecule has 2 heterocycles. The molecule has 2 fully saturated rings. The number of piperidine rings is 1. The first-order valence-electron chi connectivity index (χ1n) is 9.53. The smallest absolute Gasteiger partial charge is 0.233 e. The highest BCUT2D eigenvalue weighted by Crippen LogP contribution is 2.50. The summed E-state index contributed by atoms with van der Waals surface area (Å²) in [5.41, 5.74) is 1.13. The van der Waals surface area contributed by atoms with Crippen molar-refractivity contribution in [2.75, 3.05) is 20.2 Å². The summed E-state index contributed by atoms with van der Waals surface area (Å²) in [5.74, 6) is 0.832. The number of carbonyl (C=O) groups is 2. The first-order chi connectivity index (χ1) is 13.1. The molecular weight excluding hydrogens is 340 g/mol. The number of aromatic nitrogens is 1. The Labute approximate surface area is 159 Å². The second-order valence-electron chi connectivity index (χ2n) is 7.48. The van der Waals surface area contributed by atoms with Gasteiger partial charge in [-0.2, -0.15) is 0 Å². The number of pyridine rings is 1. The molecule has 0 N–H and O–H groups in total. The van der Waals surface area contributed by atoms with E-state index in [-0.39, 0.29) is 17.6 Å². The maximum Gasteiger partial charge on any atom is 0.233 e. The van der Waals surface area contributed by atoms with Crippen molar-refractivity contribution in [3.8, 4) is 5.75 Å². The van der Waals surface area contributed by atoms with Crippen LogP contribution in [-0.2, 0) is 10.2 Å². The summed E-state index contributed by atoms with van der Waals surface area (Å²) >= 11 is 0. The summed E-state index contributed by atoms with van der Waals surface area (Å²) in [6.07, 6.45) is 5.05. The van der Waals surface area contributed by atoms with E-state index in [0.717, 1.165) is 43.5 Å². The second kappa shape index (κ2) is 7.14. The molecule has 1 saturated carbocycles. The van der Waals surface area contributed by atoms with E-state index >= 15 is 0 Å². The number of hydrogen-bond donors (Lipinski definition) is 0. The highest BCUT2D eigenvalue weighted by atomic mass is 16.5. The standard InChI is InChI=1S/C22H24N2O3/c1-27-18-9-7-17(8-10-18)22(11-12-22)21(26)24-14-4-5-16(15-24)20(25)19-6-2-3-13-23-19/h2-3,6-10,13,16H,4-5,11-12,14-15H2,1H3/t16-/m0/s1. The minimum atomic E-state index is -0.414. The molecular formula is C22H24N2O3. The molecule has 1 aliphatic carbocycles. The Balaban J connectivity index is 1.49. The highest BCUT2D eigenvalue weighted by Gasteiger charge is 2.53. The fourth-order valence-corrected chi connectivity index (χ4v) is 4.06. The maximum atomic E-state index is 13.3. The molecule has 1 aliphatic heterocycles. The molecule has 5 heteroatoms. The number of methoxy groups -OCH3 is 1. The molecule has 1 aromatic heterocycles. The van der Waals surface area contributed by atoms with Gasteiger partial charge >= 0.3 is 0 Å². The molecule has 27 heavy (non-hydrogen) atoms. The zero-order valence-electron chi connectivity index (χ0n) is 15.6. The number of carbonyl (C=O) groups excluding carboxylic acids is 2. The number of nitrogens with zero attached hydrogens (tertiary/aromatic N) is 2. The van der Waals surface area contributed by atoms with Crippen molar-refractivity contribution in [1.82, 2.24) is 9.88 Å². The van der Waals surface area contributed by atoms with E-state index in [2.05, 4.69) is 4.98 Å². The van der Waals surface area contributed by atoms with Crippen LogP contribution in [0.3, 0.4) is 0 Å². The molecule has 4 rings (SSSR count). The van der Waals surface area contributed by atoms with Gasteiger partial charge in [0.25, 0.3) is 0 Å². The van der Waals surface area contributed by atoms with Crippen LogP contribution >= 0.6 is 0 Å². The maximum absolute atomic E-state index is 13.3. The number of Topliss-reactive ketones (excluding diaryl/α,β-unsaturated/α-hetero) is 1. The van der Waals surface area contributed by atoms with Gasteiger partial charge in [0.2, 0.25) is 5.91 Å². The topological polar surface area (TPSA) is 59.5 Å². The van der Waals surface area contributed by atoms with Crippen LogP contribution in [0.4, 0.5) is 0 Å². The van der Waals surface area contributed by atoms with Gasteiger partial charge in [-0.15, -0.1) is 0 Å². The number of rotatable bonds is 5. The van der Waals surface area contributed by atoms with E-state index in [9.17, 15) is 9.59 Å². The van der Waals surface area contributed by atoms with E-state index in [1.54, 1.807) is 25.4 Å². The van der Waals surface area contributed by atoms with E-state index in [4.69, 9.17) is 4.74 Å². The molecule has 2 aromatic rings. The van der Waals surface area contributed by atoms with Gasteiger partial charge in [0.1, 0.15) is 11.4 Å². The lowest BCUT2D eigenvalue weighted by Crippen LogP contribution is -2.46. The number of likely N-dealkylation sites (tertiary alicyclic amines) is 1. The quantitative estimate of drug-likeness (QED) is 0.764. The van der Waals surface area contributed by atoms with Crippen molar-refractivity contribution in [1.29, 1.82) is 0 Å². The van der Waals surface area contributed by atoms with Gasteiger partial charge in [-0.1, -0.05) is 18.2 Å². The van der Waals surface area contributed by atoms with Crippen LogP contribution in [-0.4, -0.2) is 41.8 Å². The molecule has 1 saturated heterocycles. The lowest BCUT2D eigenvalue weighted by Gasteiger charge is -2.34. The van der Waals surface area contributed by atoms with Gasteiger partial charge in [0.15, 0.2) is 5.78 Å². The highest BCUT2D eigenvalue weighted by molar-refractivity contribution is 5.97. The second-order valence-corrected chi connectivity index (χ2v) is 7.48. The van der Waals surface area contributed by atoms with Gasteiger partial charge in [-0.05, 0) is 55.5 Å². The van der Waals surface area contributed by atoms with Gasteiger partial charge in [-0.25, -0.2) is 0 Å². The Bertz CT molecular complexity index is 828. The summed E-state index contributed by atoms with van der Waals surface area (Å²) in [4.78, 5) is 32.1. The predicted molar refractivity (Wildman–Crippen MR) is 102 cm³/mol. The van der Waals surface area contributed by atoms with Crippen LogP contribution in [0.2, 0.25) is 0 Å². The molecule has 1 amide bonds. The van der Waals surface area contributed by atoms with E-state index < -0.39 is 5.41 Å². The Morgan fingerprint density at radius 3 is 2.56 bits per heavy atom. The zero-order chi connectivity index (χ0) is 18.9. The third-order valence-corrected chi connectivity index (χ3v) is 5.80. The molecule has 0 unspecified atom stereocenters. The first-order valence-corrected chi connectivity index (χ1v) is 9.53. The molecule has 5 nitrogen and oxygen atoms in total. The molecule has 1 atom stereocenters. The van der Waals surface area contributed by atoms with Crippen molar-refractivity contribution in [3.05, 3.63) is 59.9 Å². The van der Waals surface area contributed by atoms with Gasteiger partial charge in [-0.3, -0.25) is 14.6 Å². The average Bonchev–Trinajstić information content (AvgIpc) is 3.55. The van der Waals surface area contributed by atoms with E-state index in [1.165, 1.54) is 0 Å². The normalized spacial score (nSPS) is 20.8. The van der Waals surface area contributed by atoms with Gasteiger partial charge < -0.3 is 9.64 Å². The SMILES string of the molecule is COc1ccc(C2(C(=O)N3CCC[C@H](C(=O)c4ccccn4)C3)CC2)cc1. The minimum absolute atomic E-state index is 0.0439. The van der Waals surface area contributed by atoms with Crippen LogP contribution < -0.4 is 4.74 Å². The number of benzene rings is 1. The molecule has 2 aliphatic rings. The fraction of sp³-hybridized carbons (Fsp3) is 0.409. The Kier molecular flexibility index (Phi) is 4.68. The number of hydrogen-bond acceptors (Lipinski definition) is 4. The van der Waals surface area contributed by atoms with Crippen molar-refractivity contribution in [3.63, 3.8) is 0 Å². The average molecular weight is 364 g/mol. The molecule has 0 bridgehead atoms. The van der Waals surface area contributed by atoms with E-state index in [1.807, 2.05) is 35.2 Å². The van der Waals surface area contributed by atoms with Crippen molar-refractivity contribution in [2.45, 2.75) is 31.1 Å². The zero-order valence-corrected chi connectivity index (χ0v) is 15.6.